The second-order valence-electron chi connectivity index (χ2n) is 6.19. The molecule has 2 rings (SSSR count). The maximum absolute atomic E-state index is 6.07. The summed E-state index contributed by atoms with van der Waals surface area (Å²) < 4.78 is 6.07. The fourth-order valence-electron chi connectivity index (χ4n) is 3.44. The minimum absolute atomic E-state index is 0.106. The third-order valence-electron chi connectivity index (χ3n) is 4.81. The summed E-state index contributed by atoms with van der Waals surface area (Å²) in [4.78, 5) is 2.86. The molecule has 1 aliphatic heterocycles. The predicted octanol–water partition coefficient (Wildman–Crippen LogP) is 4.75. The zero-order valence-corrected chi connectivity index (χ0v) is 14.4. The average molecular weight is 295 g/mol. The van der Waals surface area contributed by atoms with Gasteiger partial charge in [0.15, 0.2) is 0 Å². The highest BCUT2D eigenvalue weighted by Crippen LogP contribution is 2.33. The molecule has 1 saturated heterocycles. The molecule has 0 aromatic carbocycles. The Bertz CT molecular complexity index is 436. The zero-order chi connectivity index (χ0) is 14.8. The molecule has 2 unspecified atom stereocenters. The lowest BCUT2D eigenvalue weighted by Gasteiger charge is -2.41. The first-order valence-electron chi connectivity index (χ1n) is 7.96. The Morgan fingerprint density at radius 2 is 2.10 bits per heavy atom. The first-order valence-corrected chi connectivity index (χ1v) is 8.78. The molecule has 0 radical (unpaired) electrons. The van der Waals surface area contributed by atoms with Gasteiger partial charge in [0.1, 0.15) is 0 Å². The van der Waals surface area contributed by atoms with Gasteiger partial charge in [-0.05, 0) is 58.1 Å². The van der Waals surface area contributed by atoms with Crippen LogP contribution in [0.1, 0.15) is 67.8 Å². The molecule has 1 aromatic rings. The van der Waals surface area contributed by atoms with Crippen molar-refractivity contribution in [3.05, 3.63) is 21.4 Å². The number of rotatable bonds is 5. The number of nitrogens with one attached hydrogen (secondary N) is 1. The fraction of sp³-hybridized carbons (Fsp3) is 0.765. The average Bonchev–Trinajstić information content (AvgIpc) is 2.78. The zero-order valence-electron chi connectivity index (χ0n) is 13.6. The molecule has 1 N–H and O–H groups in total. The molecule has 1 aliphatic rings. The Morgan fingerprint density at radius 1 is 1.40 bits per heavy atom. The van der Waals surface area contributed by atoms with Gasteiger partial charge >= 0.3 is 0 Å². The molecular weight excluding hydrogens is 266 g/mol. The van der Waals surface area contributed by atoms with E-state index >= 15 is 0 Å². The van der Waals surface area contributed by atoms with E-state index in [1.54, 1.807) is 0 Å². The SMILES string of the molecule is CCC1(CC)CC(NC(C)c2cc(C)sc2C)CCO1. The van der Waals surface area contributed by atoms with E-state index in [9.17, 15) is 0 Å². The molecule has 3 heteroatoms. The number of hydrogen-bond donors (Lipinski definition) is 1. The van der Waals surface area contributed by atoms with Crippen molar-refractivity contribution < 1.29 is 4.74 Å². The van der Waals surface area contributed by atoms with E-state index in [1.807, 2.05) is 11.3 Å². The topological polar surface area (TPSA) is 21.3 Å². The summed E-state index contributed by atoms with van der Waals surface area (Å²) in [5, 5.41) is 3.84. The standard InChI is InChI=1S/C17H29NOS/c1-6-17(7-2)11-15(8-9-19-17)18-13(4)16-10-12(3)20-14(16)5/h10,13,15,18H,6-9,11H2,1-5H3. The van der Waals surface area contributed by atoms with Gasteiger partial charge in [-0.25, -0.2) is 0 Å². The van der Waals surface area contributed by atoms with E-state index in [1.165, 1.54) is 15.3 Å². The highest BCUT2D eigenvalue weighted by Gasteiger charge is 2.34. The van der Waals surface area contributed by atoms with Gasteiger partial charge in [-0.3, -0.25) is 0 Å². The summed E-state index contributed by atoms with van der Waals surface area (Å²) in [5.74, 6) is 0. The van der Waals surface area contributed by atoms with Crippen LogP contribution < -0.4 is 5.32 Å². The summed E-state index contributed by atoms with van der Waals surface area (Å²) in [6.07, 6.45) is 4.51. The van der Waals surface area contributed by atoms with Crippen LogP contribution in [-0.4, -0.2) is 18.2 Å². The summed E-state index contributed by atoms with van der Waals surface area (Å²) in [7, 11) is 0. The Balaban J connectivity index is 2.01. The van der Waals surface area contributed by atoms with Gasteiger partial charge in [0.05, 0.1) is 5.60 Å². The largest absolute Gasteiger partial charge is 0.375 e. The molecule has 2 heterocycles. The van der Waals surface area contributed by atoms with Crippen molar-refractivity contribution in [1.82, 2.24) is 5.32 Å². The Hall–Kier alpha value is -0.380. The normalized spacial score (nSPS) is 23.8. The molecule has 0 spiro atoms. The highest BCUT2D eigenvalue weighted by molar-refractivity contribution is 7.12. The van der Waals surface area contributed by atoms with Gasteiger partial charge in [0.2, 0.25) is 0 Å². The summed E-state index contributed by atoms with van der Waals surface area (Å²) >= 11 is 1.90. The molecule has 1 fully saturated rings. The van der Waals surface area contributed by atoms with E-state index in [2.05, 4.69) is 46.0 Å². The molecule has 2 atom stereocenters. The van der Waals surface area contributed by atoms with Crippen molar-refractivity contribution >= 4 is 11.3 Å². The fourth-order valence-corrected chi connectivity index (χ4v) is 4.46. The lowest BCUT2D eigenvalue weighted by Crippen LogP contribution is -2.47. The minimum atomic E-state index is 0.106. The van der Waals surface area contributed by atoms with E-state index in [0.29, 0.717) is 12.1 Å². The van der Waals surface area contributed by atoms with Crippen LogP contribution in [-0.2, 0) is 4.74 Å². The van der Waals surface area contributed by atoms with Gasteiger partial charge < -0.3 is 10.1 Å². The second-order valence-corrected chi connectivity index (χ2v) is 7.65. The van der Waals surface area contributed by atoms with Crippen LogP contribution in [0.4, 0.5) is 0 Å². The third-order valence-corrected chi connectivity index (χ3v) is 5.79. The van der Waals surface area contributed by atoms with Crippen LogP contribution in [0.15, 0.2) is 6.07 Å². The Labute approximate surface area is 127 Å². The van der Waals surface area contributed by atoms with Gasteiger partial charge in [-0.1, -0.05) is 13.8 Å². The van der Waals surface area contributed by atoms with E-state index in [-0.39, 0.29) is 5.60 Å². The Morgan fingerprint density at radius 3 is 2.65 bits per heavy atom. The molecule has 0 bridgehead atoms. The smallest absolute Gasteiger partial charge is 0.0692 e. The van der Waals surface area contributed by atoms with Gasteiger partial charge in [-0.2, -0.15) is 0 Å². The van der Waals surface area contributed by atoms with Gasteiger partial charge in [0, 0.05) is 28.4 Å². The lowest BCUT2D eigenvalue weighted by atomic mass is 9.85. The summed E-state index contributed by atoms with van der Waals surface area (Å²) in [5.41, 5.74) is 1.58. The molecule has 20 heavy (non-hydrogen) atoms. The number of hydrogen-bond acceptors (Lipinski definition) is 3. The molecule has 0 aliphatic carbocycles. The molecule has 1 aromatic heterocycles. The lowest BCUT2D eigenvalue weighted by molar-refractivity contribution is -0.0939. The quantitative estimate of drug-likeness (QED) is 0.846. The van der Waals surface area contributed by atoms with Crippen molar-refractivity contribution in [3.63, 3.8) is 0 Å². The Kier molecular flexibility index (Phi) is 5.27. The van der Waals surface area contributed by atoms with Crippen molar-refractivity contribution in [2.75, 3.05) is 6.61 Å². The summed E-state index contributed by atoms with van der Waals surface area (Å²) in [6, 6.07) is 3.36. The summed E-state index contributed by atoms with van der Waals surface area (Å²) in [6.45, 7) is 12.1. The van der Waals surface area contributed by atoms with Gasteiger partial charge in [-0.15, -0.1) is 11.3 Å². The number of thiophene rings is 1. The number of aryl methyl sites for hydroxylation is 2. The molecule has 0 saturated carbocycles. The highest BCUT2D eigenvalue weighted by atomic mass is 32.1. The molecule has 114 valence electrons. The van der Waals surface area contributed by atoms with Crippen molar-refractivity contribution in [2.45, 2.75) is 78.0 Å². The van der Waals surface area contributed by atoms with Crippen LogP contribution in [0.3, 0.4) is 0 Å². The van der Waals surface area contributed by atoms with Crippen LogP contribution in [0.2, 0.25) is 0 Å². The minimum Gasteiger partial charge on any atom is -0.375 e. The van der Waals surface area contributed by atoms with Crippen LogP contribution in [0.5, 0.6) is 0 Å². The van der Waals surface area contributed by atoms with Crippen molar-refractivity contribution in [2.24, 2.45) is 0 Å². The van der Waals surface area contributed by atoms with E-state index < -0.39 is 0 Å². The monoisotopic (exact) mass is 295 g/mol. The van der Waals surface area contributed by atoms with Crippen molar-refractivity contribution in [3.8, 4) is 0 Å². The first kappa shape index (κ1) is 16.0. The van der Waals surface area contributed by atoms with Gasteiger partial charge in [0.25, 0.3) is 0 Å². The van der Waals surface area contributed by atoms with Crippen LogP contribution in [0.25, 0.3) is 0 Å². The first-order chi connectivity index (χ1) is 9.49. The maximum atomic E-state index is 6.07. The van der Waals surface area contributed by atoms with E-state index in [0.717, 1.165) is 32.3 Å². The van der Waals surface area contributed by atoms with Crippen molar-refractivity contribution in [1.29, 1.82) is 0 Å². The van der Waals surface area contributed by atoms with Crippen LogP contribution >= 0.6 is 11.3 Å². The third kappa shape index (κ3) is 3.44. The second kappa shape index (κ2) is 6.59. The number of ether oxygens (including phenoxy) is 1. The van der Waals surface area contributed by atoms with Crippen LogP contribution in [0, 0.1) is 13.8 Å². The molecule has 0 amide bonds. The molecule has 2 nitrogen and oxygen atoms in total. The predicted molar refractivity (Wildman–Crippen MR) is 87.6 cm³/mol. The van der Waals surface area contributed by atoms with E-state index in [4.69, 9.17) is 4.74 Å². The maximum Gasteiger partial charge on any atom is 0.0692 e. The molecular formula is C17H29NOS.